The maximum Gasteiger partial charge on any atom is 0.216 e. The Morgan fingerprint density at radius 2 is 2.28 bits per heavy atom. The molecule has 3 nitrogen and oxygen atoms in total. The van der Waals surface area contributed by atoms with Gasteiger partial charge in [-0.2, -0.15) is 0 Å². The first-order valence-corrected chi connectivity index (χ1v) is 6.85. The van der Waals surface area contributed by atoms with E-state index in [1.54, 1.807) is 18.4 Å². The zero-order chi connectivity index (χ0) is 13.1. The van der Waals surface area contributed by atoms with Crippen LogP contribution in [0.1, 0.15) is 12.5 Å². The molecule has 1 aromatic heterocycles. The third-order valence-corrected chi connectivity index (χ3v) is 3.99. The topological polar surface area (TPSA) is 38.3 Å². The fourth-order valence-electron chi connectivity index (χ4n) is 1.80. The van der Waals surface area contributed by atoms with Crippen molar-refractivity contribution in [3.63, 3.8) is 0 Å². The number of hydrogen-bond acceptors (Lipinski definition) is 3. The van der Waals surface area contributed by atoms with Gasteiger partial charge in [0, 0.05) is 18.2 Å². The molecule has 0 bridgehead atoms. The minimum absolute atomic E-state index is 0.00448. The van der Waals surface area contributed by atoms with Gasteiger partial charge in [-0.05, 0) is 34.9 Å². The van der Waals surface area contributed by atoms with Crippen molar-refractivity contribution < 1.29 is 9.53 Å². The minimum atomic E-state index is -0.00448. The van der Waals surface area contributed by atoms with Crippen LogP contribution in [0.25, 0.3) is 10.1 Å². The Morgan fingerprint density at radius 3 is 2.94 bits per heavy atom. The smallest absolute Gasteiger partial charge is 0.216 e. The molecule has 0 aliphatic rings. The second-order valence-electron chi connectivity index (χ2n) is 3.98. The molecule has 0 aliphatic heterocycles. The van der Waals surface area contributed by atoms with Crippen LogP contribution in [0.2, 0.25) is 5.02 Å². The van der Waals surface area contributed by atoms with Crippen LogP contribution in [-0.4, -0.2) is 19.6 Å². The van der Waals surface area contributed by atoms with Gasteiger partial charge in [-0.1, -0.05) is 11.6 Å². The highest BCUT2D eigenvalue weighted by atomic mass is 35.5. The van der Waals surface area contributed by atoms with E-state index in [-0.39, 0.29) is 5.91 Å². The zero-order valence-corrected chi connectivity index (χ0v) is 11.8. The molecule has 1 amide bonds. The molecule has 1 N–H and O–H groups in total. The van der Waals surface area contributed by atoms with Crippen molar-refractivity contribution in [2.24, 2.45) is 0 Å². The van der Waals surface area contributed by atoms with Crippen LogP contribution < -0.4 is 10.1 Å². The van der Waals surface area contributed by atoms with Gasteiger partial charge < -0.3 is 10.1 Å². The van der Waals surface area contributed by atoms with Crippen molar-refractivity contribution in [3.05, 3.63) is 28.1 Å². The molecule has 0 atom stereocenters. The van der Waals surface area contributed by atoms with Crippen LogP contribution in [0, 0.1) is 0 Å². The van der Waals surface area contributed by atoms with Crippen LogP contribution in [0.15, 0.2) is 17.5 Å². The zero-order valence-electron chi connectivity index (χ0n) is 10.2. The van der Waals surface area contributed by atoms with Gasteiger partial charge in [0.15, 0.2) is 0 Å². The fraction of sp³-hybridized carbons (Fsp3) is 0.308. The molecule has 0 saturated carbocycles. The fourth-order valence-corrected chi connectivity index (χ4v) is 3.13. The van der Waals surface area contributed by atoms with Gasteiger partial charge >= 0.3 is 0 Å². The summed E-state index contributed by atoms with van der Waals surface area (Å²) < 4.78 is 6.36. The normalized spacial score (nSPS) is 10.6. The van der Waals surface area contributed by atoms with Gasteiger partial charge in [-0.25, -0.2) is 0 Å². The number of methoxy groups -OCH3 is 1. The molecule has 0 aliphatic carbocycles. The lowest BCUT2D eigenvalue weighted by molar-refractivity contribution is -0.118. The van der Waals surface area contributed by atoms with Gasteiger partial charge in [-0.3, -0.25) is 4.79 Å². The minimum Gasteiger partial charge on any atom is -0.495 e. The van der Waals surface area contributed by atoms with Gasteiger partial charge in [0.1, 0.15) is 5.75 Å². The van der Waals surface area contributed by atoms with Crippen molar-refractivity contribution in [1.29, 1.82) is 0 Å². The van der Waals surface area contributed by atoms with Gasteiger partial charge in [0.05, 0.1) is 12.1 Å². The summed E-state index contributed by atoms with van der Waals surface area (Å²) in [5, 5.41) is 6.67. The van der Waals surface area contributed by atoms with E-state index in [1.807, 2.05) is 12.1 Å². The first-order chi connectivity index (χ1) is 8.61. The molecular formula is C13H14ClNO2S. The average molecular weight is 284 g/mol. The summed E-state index contributed by atoms with van der Waals surface area (Å²) in [7, 11) is 1.61. The van der Waals surface area contributed by atoms with Gasteiger partial charge in [0.25, 0.3) is 0 Å². The van der Waals surface area contributed by atoms with E-state index in [9.17, 15) is 4.79 Å². The number of hydrogen-bond donors (Lipinski definition) is 1. The predicted octanol–water partition coefficient (Wildman–Crippen LogP) is 3.24. The lowest BCUT2D eigenvalue weighted by Gasteiger charge is -2.05. The molecule has 2 aromatic rings. The first-order valence-electron chi connectivity index (χ1n) is 5.60. The first kappa shape index (κ1) is 13.2. The quantitative estimate of drug-likeness (QED) is 0.935. The Bertz CT molecular complexity index is 580. The van der Waals surface area contributed by atoms with Crippen LogP contribution in [0.3, 0.4) is 0 Å². The Hall–Kier alpha value is -1.26. The van der Waals surface area contributed by atoms with Crippen LogP contribution in [-0.2, 0) is 11.2 Å². The monoisotopic (exact) mass is 283 g/mol. The number of benzene rings is 1. The van der Waals surface area contributed by atoms with Gasteiger partial charge in [0.2, 0.25) is 5.91 Å². The van der Waals surface area contributed by atoms with E-state index < -0.39 is 0 Å². The van der Waals surface area contributed by atoms with E-state index in [1.165, 1.54) is 12.5 Å². The van der Waals surface area contributed by atoms with Crippen molar-refractivity contribution in [1.82, 2.24) is 5.32 Å². The molecule has 96 valence electrons. The Labute approximate surface area is 115 Å². The molecule has 5 heteroatoms. The number of carbonyl (C=O) groups is 1. The molecule has 1 heterocycles. The maximum absolute atomic E-state index is 10.8. The third-order valence-electron chi connectivity index (χ3n) is 2.70. The van der Waals surface area contributed by atoms with Gasteiger partial charge in [-0.15, -0.1) is 11.3 Å². The highest BCUT2D eigenvalue weighted by Gasteiger charge is 2.09. The summed E-state index contributed by atoms with van der Waals surface area (Å²) in [5.74, 6) is 0.679. The Balaban J connectivity index is 2.26. The van der Waals surface area contributed by atoms with E-state index in [2.05, 4.69) is 10.7 Å². The van der Waals surface area contributed by atoms with Crippen molar-refractivity contribution in [3.8, 4) is 5.75 Å². The summed E-state index contributed by atoms with van der Waals surface area (Å²) in [5.41, 5.74) is 1.21. The highest BCUT2D eigenvalue weighted by molar-refractivity contribution is 7.17. The lowest BCUT2D eigenvalue weighted by Crippen LogP contribution is -2.22. The summed E-state index contributed by atoms with van der Waals surface area (Å²) in [4.78, 5) is 10.8. The largest absolute Gasteiger partial charge is 0.495 e. The van der Waals surface area contributed by atoms with Crippen LogP contribution in [0.5, 0.6) is 5.75 Å². The number of carbonyl (C=O) groups excluding carboxylic acids is 1. The summed E-state index contributed by atoms with van der Waals surface area (Å²) in [6, 6.07) is 3.87. The number of nitrogens with one attached hydrogen (secondary N) is 1. The van der Waals surface area contributed by atoms with Crippen molar-refractivity contribution in [2.75, 3.05) is 13.7 Å². The van der Waals surface area contributed by atoms with Crippen LogP contribution >= 0.6 is 22.9 Å². The molecular weight excluding hydrogens is 270 g/mol. The number of halogens is 1. The molecule has 2 rings (SSSR count). The van der Waals surface area contributed by atoms with Crippen molar-refractivity contribution in [2.45, 2.75) is 13.3 Å². The van der Waals surface area contributed by atoms with E-state index >= 15 is 0 Å². The Morgan fingerprint density at radius 1 is 1.50 bits per heavy atom. The summed E-state index contributed by atoms with van der Waals surface area (Å²) >= 11 is 7.74. The second kappa shape index (κ2) is 5.59. The molecule has 18 heavy (non-hydrogen) atoms. The average Bonchev–Trinajstić information content (AvgIpc) is 2.70. The SMILES string of the molecule is COc1cc2c(CCNC(C)=O)csc2cc1Cl. The van der Waals surface area contributed by atoms with E-state index in [4.69, 9.17) is 16.3 Å². The molecule has 0 radical (unpaired) electrons. The number of fused-ring (bicyclic) bond motifs is 1. The third kappa shape index (κ3) is 2.76. The standard InChI is InChI=1S/C13H14ClNO2S/c1-8(16)15-4-3-9-7-18-13-6-11(14)12(17-2)5-10(9)13/h5-7H,3-4H2,1-2H3,(H,15,16). The van der Waals surface area contributed by atoms with E-state index in [0.717, 1.165) is 16.5 Å². The lowest BCUT2D eigenvalue weighted by atomic mass is 10.1. The second-order valence-corrected chi connectivity index (χ2v) is 5.30. The van der Waals surface area contributed by atoms with E-state index in [0.29, 0.717) is 17.3 Å². The molecule has 1 aromatic carbocycles. The predicted molar refractivity (Wildman–Crippen MR) is 75.8 cm³/mol. The number of amides is 1. The van der Waals surface area contributed by atoms with Crippen molar-refractivity contribution >= 4 is 38.9 Å². The molecule has 0 saturated heterocycles. The summed E-state index contributed by atoms with van der Waals surface area (Å²) in [6.07, 6.45) is 0.810. The maximum atomic E-state index is 10.8. The molecule has 0 spiro atoms. The highest BCUT2D eigenvalue weighted by Crippen LogP contribution is 2.35. The summed E-state index contributed by atoms with van der Waals surface area (Å²) in [6.45, 7) is 2.17. The number of ether oxygens (including phenoxy) is 1. The molecule has 0 fully saturated rings. The number of rotatable bonds is 4. The Kier molecular flexibility index (Phi) is 4.09. The van der Waals surface area contributed by atoms with Crippen LogP contribution in [0.4, 0.5) is 0 Å². The number of thiophene rings is 1. The molecule has 0 unspecified atom stereocenters.